The summed E-state index contributed by atoms with van der Waals surface area (Å²) < 4.78 is 10.9. The van der Waals surface area contributed by atoms with E-state index in [0.717, 1.165) is 33.7 Å². The maximum Gasteiger partial charge on any atom is 0.313 e. The molecule has 148 valence electrons. The van der Waals surface area contributed by atoms with E-state index in [4.69, 9.17) is 9.47 Å². The third-order valence-corrected chi connectivity index (χ3v) is 5.56. The SMILES string of the molecule is COC(=O)C1CC(C)N(C(=O)COc2c(C)ccc(C)c2C)c2ccccc21. The molecule has 0 bridgehead atoms. The summed E-state index contributed by atoms with van der Waals surface area (Å²) in [6.45, 7) is 7.91. The number of benzene rings is 2. The van der Waals surface area contributed by atoms with Crippen LogP contribution < -0.4 is 9.64 Å². The number of fused-ring (bicyclic) bond motifs is 1. The Morgan fingerprint density at radius 2 is 1.75 bits per heavy atom. The Balaban J connectivity index is 1.86. The molecule has 3 rings (SSSR count). The number of anilines is 1. The van der Waals surface area contributed by atoms with Crippen molar-refractivity contribution in [3.8, 4) is 5.75 Å². The van der Waals surface area contributed by atoms with Crippen molar-refractivity contribution in [2.75, 3.05) is 18.6 Å². The first-order valence-corrected chi connectivity index (χ1v) is 9.53. The van der Waals surface area contributed by atoms with Crippen LogP contribution >= 0.6 is 0 Å². The number of hydrogen-bond donors (Lipinski definition) is 0. The first kappa shape index (κ1) is 19.9. The topological polar surface area (TPSA) is 55.8 Å². The van der Waals surface area contributed by atoms with E-state index in [2.05, 4.69) is 6.07 Å². The zero-order valence-corrected chi connectivity index (χ0v) is 17.1. The lowest BCUT2D eigenvalue weighted by Gasteiger charge is -2.38. The minimum atomic E-state index is -0.359. The summed E-state index contributed by atoms with van der Waals surface area (Å²) in [5, 5.41) is 0. The van der Waals surface area contributed by atoms with Gasteiger partial charge in [-0.05, 0) is 62.4 Å². The Morgan fingerprint density at radius 3 is 2.46 bits per heavy atom. The fourth-order valence-corrected chi connectivity index (χ4v) is 3.91. The number of para-hydroxylation sites is 1. The summed E-state index contributed by atoms with van der Waals surface area (Å²) in [5.41, 5.74) is 4.76. The molecule has 0 spiro atoms. The minimum Gasteiger partial charge on any atom is -0.483 e. The van der Waals surface area contributed by atoms with E-state index in [-0.39, 0.29) is 30.4 Å². The lowest BCUT2D eigenvalue weighted by atomic mass is 9.86. The molecule has 0 saturated carbocycles. The first-order valence-electron chi connectivity index (χ1n) is 9.53. The quantitative estimate of drug-likeness (QED) is 0.749. The van der Waals surface area contributed by atoms with E-state index in [9.17, 15) is 9.59 Å². The molecule has 5 nitrogen and oxygen atoms in total. The minimum absolute atomic E-state index is 0.0489. The van der Waals surface area contributed by atoms with Gasteiger partial charge in [0.15, 0.2) is 6.61 Å². The summed E-state index contributed by atoms with van der Waals surface area (Å²) in [5.74, 6) is 0.0124. The third kappa shape index (κ3) is 3.61. The smallest absolute Gasteiger partial charge is 0.313 e. The van der Waals surface area contributed by atoms with Crippen LogP contribution in [-0.2, 0) is 14.3 Å². The van der Waals surface area contributed by atoms with Crippen LogP contribution in [0.4, 0.5) is 5.69 Å². The molecule has 0 N–H and O–H groups in total. The van der Waals surface area contributed by atoms with Gasteiger partial charge in [0.05, 0.1) is 13.0 Å². The van der Waals surface area contributed by atoms with E-state index in [1.54, 1.807) is 4.90 Å². The number of amides is 1. The molecule has 1 aliphatic heterocycles. The number of ether oxygens (including phenoxy) is 2. The summed E-state index contributed by atoms with van der Waals surface area (Å²) in [6, 6.07) is 11.4. The first-order chi connectivity index (χ1) is 13.3. The van der Waals surface area contributed by atoms with Crippen molar-refractivity contribution in [2.45, 2.75) is 46.1 Å². The van der Waals surface area contributed by atoms with Gasteiger partial charge in [-0.3, -0.25) is 9.59 Å². The van der Waals surface area contributed by atoms with Crippen LogP contribution in [0.3, 0.4) is 0 Å². The van der Waals surface area contributed by atoms with Crippen molar-refractivity contribution < 1.29 is 19.1 Å². The molecule has 2 aromatic rings. The summed E-state index contributed by atoms with van der Waals surface area (Å²) in [4.78, 5) is 27.0. The van der Waals surface area contributed by atoms with Gasteiger partial charge in [-0.2, -0.15) is 0 Å². The predicted octanol–water partition coefficient (Wildman–Crippen LogP) is 4.07. The number of esters is 1. The van der Waals surface area contributed by atoms with Gasteiger partial charge < -0.3 is 14.4 Å². The number of methoxy groups -OCH3 is 1. The summed E-state index contributed by atoms with van der Waals surface area (Å²) in [7, 11) is 1.40. The van der Waals surface area contributed by atoms with Gasteiger partial charge >= 0.3 is 5.97 Å². The highest BCUT2D eigenvalue weighted by Gasteiger charge is 2.37. The second-order valence-corrected chi connectivity index (χ2v) is 7.43. The molecule has 28 heavy (non-hydrogen) atoms. The van der Waals surface area contributed by atoms with Gasteiger partial charge in [0, 0.05) is 11.7 Å². The Kier molecular flexibility index (Phi) is 5.73. The zero-order valence-electron chi connectivity index (χ0n) is 17.1. The van der Waals surface area contributed by atoms with Crippen molar-refractivity contribution in [1.29, 1.82) is 0 Å². The van der Waals surface area contributed by atoms with E-state index >= 15 is 0 Å². The maximum absolute atomic E-state index is 13.1. The van der Waals surface area contributed by atoms with Crippen LogP contribution in [-0.4, -0.2) is 31.6 Å². The molecule has 2 unspecified atom stereocenters. The molecule has 5 heteroatoms. The van der Waals surface area contributed by atoms with Gasteiger partial charge in [0.25, 0.3) is 5.91 Å². The summed E-state index contributed by atoms with van der Waals surface area (Å²) in [6.07, 6.45) is 0.526. The number of rotatable bonds is 4. The van der Waals surface area contributed by atoms with Crippen molar-refractivity contribution in [3.05, 3.63) is 58.7 Å². The van der Waals surface area contributed by atoms with E-state index in [0.29, 0.717) is 6.42 Å². The Morgan fingerprint density at radius 1 is 1.07 bits per heavy atom. The average Bonchev–Trinajstić information content (AvgIpc) is 2.69. The average molecular weight is 381 g/mol. The number of hydrogen-bond acceptors (Lipinski definition) is 4. The fraction of sp³-hybridized carbons (Fsp3) is 0.391. The van der Waals surface area contributed by atoms with Crippen LogP contribution in [0.25, 0.3) is 0 Å². The molecule has 0 radical (unpaired) electrons. The maximum atomic E-state index is 13.1. The van der Waals surface area contributed by atoms with E-state index < -0.39 is 0 Å². The monoisotopic (exact) mass is 381 g/mol. The largest absolute Gasteiger partial charge is 0.483 e. The van der Waals surface area contributed by atoms with Crippen molar-refractivity contribution in [3.63, 3.8) is 0 Å². The molecule has 1 amide bonds. The van der Waals surface area contributed by atoms with Crippen molar-refractivity contribution in [1.82, 2.24) is 0 Å². The molecule has 0 aliphatic carbocycles. The van der Waals surface area contributed by atoms with Gasteiger partial charge in [0.2, 0.25) is 0 Å². The highest BCUT2D eigenvalue weighted by Crippen LogP contribution is 2.39. The lowest BCUT2D eigenvalue weighted by Crippen LogP contribution is -2.46. The third-order valence-electron chi connectivity index (χ3n) is 5.56. The molecule has 2 aromatic carbocycles. The molecule has 1 heterocycles. The number of carbonyl (C=O) groups excluding carboxylic acids is 2. The molecule has 1 aliphatic rings. The molecular weight excluding hydrogens is 354 g/mol. The molecule has 2 atom stereocenters. The lowest BCUT2D eigenvalue weighted by molar-refractivity contribution is -0.143. The molecule has 0 saturated heterocycles. The molecule has 0 aromatic heterocycles. The Bertz CT molecular complexity index is 905. The van der Waals surface area contributed by atoms with E-state index in [1.165, 1.54) is 7.11 Å². The highest BCUT2D eigenvalue weighted by molar-refractivity contribution is 5.98. The van der Waals surface area contributed by atoms with Crippen LogP contribution in [0.2, 0.25) is 0 Å². The van der Waals surface area contributed by atoms with Crippen LogP contribution in [0.1, 0.15) is 41.5 Å². The highest BCUT2D eigenvalue weighted by atomic mass is 16.5. The second-order valence-electron chi connectivity index (χ2n) is 7.43. The zero-order chi connectivity index (χ0) is 20.4. The Hall–Kier alpha value is -2.82. The van der Waals surface area contributed by atoms with Gasteiger partial charge in [-0.15, -0.1) is 0 Å². The van der Waals surface area contributed by atoms with Gasteiger partial charge in [0.1, 0.15) is 5.75 Å². The van der Waals surface area contributed by atoms with Gasteiger partial charge in [-0.1, -0.05) is 30.3 Å². The van der Waals surface area contributed by atoms with Crippen molar-refractivity contribution >= 4 is 17.6 Å². The predicted molar refractivity (Wildman–Crippen MR) is 109 cm³/mol. The summed E-state index contributed by atoms with van der Waals surface area (Å²) >= 11 is 0. The fourth-order valence-electron chi connectivity index (χ4n) is 3.91. The normalized spacial score (nSPS) is 18.4. The van der Waals surface area contributed by atoms with Crippen LogP contribution in [0, 0.1) is 20.8 Å². The van der Waals surface area contributed by atoms with Crippen molar-refractivity contribution in [2.24, 2.45) is 0 Å². The standard InChI is InChI=1S/C23H27NO4/c1-14-10-11-15(2)22(17(14)4)28-13-21(25)24-16(3)12-19(23(26)27-5)18-8-6-7-9-20(18)24/h6-11,16,19H,12-13H2,1-5H3. The number of aryl methyl sites for hydroxylation is 2. The number of carbonyl (C=O) groups is 2. The van der Waals surface area contributed by atoms with E-state index in [1.807, 2.05) is 58.0 Å². The van der Waals surface area contributed by atoms with Crippen LogP contribution in [0.15, 0.2) is 36.4 Å². The molecular formula is C23H27NO4. The Labute approximate surface area is 166 Å². The molecule has 0 fully saturated rings. The second kappa shape index (κ2) is 8.05. The van der Waals surface area contributed by atoms with Crippen LogP contribution in [0.5, 0.6) is 5.75 Å². The van der Waals surface area contributed by atoms with Gasteiger partial charge in [-0.25, -0.2) is 0 Å². The number of nitrogens with zero attached hydrogens (tertiary/aromatic N) is 1.